The fraction of sp³-hybridized carbons (Fsp3) is 0.400. The first-order valence-electron chi connectivity index (χ1n) is 8.05. The minimum Gasteiger partial charge on any atom is -0.482 e. The number of nitrogens with one attached hydrogen (secondary N) is 1. The minimum atomic E-state index is -2.36. The van der Waals surface area contributed by atoms with Crippen LogP contribution < -0.4 is 10.1 Å². The molecule has 1 aliphatic heterocycles. The quantitative estimate of drug-likeness (QED) is 0.220. The van der Waals surface area contributed by atoms with Crippen molar-refractivity contribution in [1.29, 1.82) is 0 Å². The van der Waals surface area contributed by atoms with Crippen LogP contribution in [0, 0.1) is 20.2 Å². The third kappa shape index (κ3) is 4.31. The van der Waals surface area contributed by atoms with Crippen molar-refractivity contribution in [3.8, 4) is 5.88 Å². The summed E-state index contributed by atoms with van der Waals surface area (Å²) in [5.41, 5.74) is -1.21. The van der Waals surface area contributed by atoms with Gasteiger partial charge >= 0.3 is 11.4 Å². The number of hydrogen-bond donors (Lipinski definition) is 3. The van der Waals surface area contributed by atoms with Crippen LogP contribution in [0.4, 0.5) is 11.5 Å². The van der Waals surface area contributed by atoms with E-state index in [9.17, 15) is 25.3 Å². The monoisotopic (exact) mass is 431 g/mol. The molecule has 29 heavy (non-hydrogen) atoms. The number of methoxy groups -OCH3 is 2. The molecule has 1 aliphatic rings. The van der Waals surface area contributed by atoms with E-state index in [0.29, 0.717) is 0 Å². The predicted molar refractivity (Wildman–Crippen MR) is 99.4 cm³/mol. The fourth-order valence-corrected chi connectivity index (χ4v) is 3.05. The molecular weight excluding hydrogens is 414 g/mol. The van der Waals surface area contributed by atoms with E-state index < -0.39 is 45.0 Å². The second-order valence-electron chi connectivity index (χ2n) is 5.61. The molecule has 158 valence electrons. The number of halogens is 1. The van der Waals surface area contributed by atoms with Gasteiger partial charge < -0.3 is 25.0 Å². The zero-order valence-electron chi connectivity index (χ0n) is 15.3. The van der Waals surface area contributed by atoms with Crippen LogP contribution in [0.1, 0.15) is 6.42 Å². The highest BCUT2D eigenvalue weighted by Crippen LogP contribution is 2.41. The second-order valence-corrected chi connectivity index (χ2v) is 6.15. The summed E-state index contributed by atoms with van der Waals surface area (Å²) in [7, 11) is 2.51. The van der Waals surface area contributed by atoms with E-state index in [1.54, 1.807) is 0 Å². The molecule has 0 saturated heterocycles. The molecule has 14 heteroatoms. The van der Waals surface area contributed by atoms with Crippen molar-refractivity contribution in [3.05, 3.63) is 56.1 Å². The summed E-state index contributed by atoms with van der Waals surface area (Å²) in [4.78, 5) is 26.2. The van der Waals surface area contributed by atoms with Crippen molar-refractivity contribution in [2.45, 2.75) is 17.8 Å². The van der Waals surface area contributed by atoms with Gasteiger partial charge in [-0.3, -0.25) is 25.1 Å². The number of nitrogens with zero attached hydrogens (tertiary/aromatic N) is 4. The number of aliphatic hydroxyl groups excluding tert-OH is 2. The number of allylic oxidation sites excluding steroid dienone is 2. The van der Waals surface area contributed by atoms with Gasteiger partial charge in [0.2, 0.25) is 11.7 Å². The van der Waals surface area contributed by atoms with Crippen LogP contribution in [-0.4, -0.2) is 62.1 Å². The Bertz CT molecular complexity index is 863. The first-order chi connectivity index (χ1) is 13.7. The van der Waals surface area contributed by atoms with Crippen LogP contribution in [0.5, 0.6) is 5.88 Å². The third-order valence-corrected chi connectivity index (χ3v) is 4.39. The molecule has 0 radical (unpaired) electrons. The average molecular weight is 432 g/mol. The lowest BCUT2D eigenvalue weighted by Gasteiger charge is -2.42. The van der Waals surface area contributed by atoms with E-state index in [2.05, 4.69) is 10.3 Å². The highest BCUT2D eigenvalue weighted by atomic mass is 35.5. The molecule has 3 N–H and O–H groups in total. The van der Waals surface area contributed by atoms with Gasteiger partial charge in [0, 0.05) is 37.3 Å². The smallest absolute Gasteiger partial charge is 0.311 e. The summed E-state index contributed by atoms with van der Waals surface area (Å²) >= 11 is 6.55. The van der Waals surface area contributed by atoms with Gasteiger partial charge in [0.1, 0.15) is 6.23 Å². The van der Waals surface area contributed by atoms with E-state index in [-0.39, 0.29) is 18.2 Å². The van der Waals surface area contributed by atoms with Crippen LogP contribution in [0.3, 0.4) is 0 Å². The highest BCUT2D eigenvalue weighted by molar-refractivity contribution is 6.26. The lowest BCUT2D eigenvalue weighted by molar-refractivity contribution is -0.436. The Morgan fingerprint density at radius 3 is 2.48 bits per heavy atom. The van der Waals surface area contributed by atoms with E-state index in [4.69, 9.17) is 26.2 Å². The Kier molecular flexibility index (Phi) is 6.79. The van der Waals surface area contributed by atoms with Crippen LogP contribution in [0.2, 0.25) is 0 Å². The van der Waals surface area contributed by atoms with E-state index in [0.717, 1.165) is 17.0 Å². The molecule has 13 nitrogen and oxygen atoms in total. The number of alkyl halides is 1. The number of hydrogen-bond acceptors (Lipinski definition) is 11. The Morgan fingerprint density at radius 2 is 1.97 bits per heavy atom. The van der Waals surface area contributed by atoms with E-state index in [1.165, 1.54) is 26.4 Å². The Balaban J connectivity index is 2.66. The summed E-state index contributed by atoms with van der Waals surface area (Å²) in [5, 5.41) is 42.7. The predicted octanol–water partition coefficient (Wildman–Crippen LogP) is 0.968. The largest absolute Gasteiger partial charge is 0.482 e. The molecule has 0 aliphatic carbocycles. The molecule has 0 bridgehead atoms. The van der Waals surface area contributed by atoms with Gasteiger partial charge in [-0.2, -0.15) is 4.98 Å². The van der Waals surface area contributed by atoms with Crippen LogP contribution in [-0.2, 0) is 4.74 Å². The molecule has 0 amide bonds. The molecule has 2 rings (SSSR count). The molecule has 2 heterocycles. The number of anilines is 1. The van der Waals surface area contributed by atoms with Gasteiger partial charge in [0.15, 0.2) is 5.88 Å². The van der Waals surface area contributed by atoms with Gasteiger partial charge in [0.05, 0.1) is 24.1 Å². The molecule has 0 aromatic carbocycles. The van der Waals surface area contributed by atoms with Gasteiger partial charge in [-0.25, -0.2) is 0 Å². The number of nitro groups is 2. The topological polar surface area (TPSA) is 173 Å². The molecule has 2 unspecified atom stereocenters. The van der Waals surface area contributed by atoms with Crippen LogP contribution in [0.15, 0.2) is 35.9 Å². The van der Waals surface area contributed by atoms with Crippen LogP contribution in [0.25, 0.3) is 0 Å². The number of rotatable bonds is 9. The fourth-order valence-electron chi connectivity index (χ4n) is 2.63. The SMILES string of the molecule is COC1=CC=C([N+](=O)[O-])C(Cl)(Nc2nc(OC)ccc2[N+](=O)[O-])N1C(O)CCO. The highest BCUT2D eigenvalue weighted by Gasteiger charge is 2.53. The molecule has 1 aromatic rings. The maximum atomic E-state index is 11.6. The summed E-state index contributed by atoms with van der Waals surface area (Å²) in [6, 6.07) is 2.31. The van der Waals surface area contributed by atoms with Gasteiger partial charge in [-0.1, -0.05) is 11.6 Å². The zero-order valence-corrected chi connectivity index (χ0v) is 16.1. The molecule has 0 saturated carbocycles. The summed E-state index contributed by atoms with van der Waals surface area (Å²) in [6.07, 6.45) is 0.404. The van der Waals surface area contributed by atoms with E-state index >= 15 is 0 Å². The molecule has 1 aromatic heterocycles. The summed E-state index contributed by atoms with van der Waals surface area (Å²) < 4.78 is 10.1. The lowest BCUT2D eigenvalue weighted by atomic mass is 10.1. The summed E-state index contributed by atoms with van der Waals surface area (Å²) in [5.74, 6) is -0.564. The standard InChI is InChI=1S/C15H18ClN5O8/c1-28-11-5-3-9(20(24)25)14(17-11)18-15(16)10(21(26)27)4-6-13(29-2)19(15)12(23)7-8-22/h3-6,12,22-23H,7-8H2,1-2H3,(H,17,18). The molecule has 0 fully saturated rings. The Labute approximate surface area is 169 Å². The van der Waals surface area contributed by atoms with Gasteiger partial charge in [0.25, 0.3) is 5.12 Å². The maximum absolute atomic E-state index is 11.6. The number of pyridine rings is 1. The normalized spacial score (nSPS) is 19.7. The molecule has 0 spiro atoms. The minimum absolute atomic E-state index is 0.0224. The first kappa shape index (κ1) is 22.1. The van der Waals surface area contributed by atoms with Crippen molar-refractivity contribution in [1.82, 2.24) is 9.88 Å². The average Bonchev–Trinajstić information content (AvgIpc) is 2.66. The lowest BCUT2D eigenvalue weighted by Crippen LogP contribution is -2.58. The van der Waals surface area contributed by atoms with Crippen molar-refractivity contribution in [3.63, 3.8) is 0 Å². The molecule has 2 atom stereocenters. The van der Waals surface area contributed by atoms with Crippen LogP contribution >= 0.6 is 11.6 Å². The van der Waals surface area contributed by atoms with Crippen molar-refractivity contribution < 1.29 is 29.5 Å². The van der Waals surface area contributed by atoms with Crippen molar-refractivity contribution in [2.24, 2.45) is 0 Å². The zero-order chi connectivity index (χ0) is 21.8. The van der Waals surface area contributed by atoms with Crippen molar-refractivity contribution in [2.75, 3.05) is 26.1 Å². The van der Waals surface area contributed by atoms with Crippen molar-refractivity contribution >= 4 is 23.1 Å². The number of ether oxygens (including phenoxy) is 2. The maximum Gasteiger partial charge on any atom is 0.311 e. The van der Waals surface area contributed by atoms with E-state index in [1.807, 2.05) is 0 Å². The van der Waals surface area contributed by atoms with Gasteiger partial charge in [-0.05, 0) is 0 Å². The number of aliphatic hydroxyl groups is 2. The third-order valence-electron chi connectivity index (χ3n) is 3.92. The Morgan fingerprint density at radius 1 is 1.28 bits per heavy atom. The second kappa shape index (κ2) is 8.89. The Hall–Kier alpha value is -3.16. The number of aromatic nitrogens is 1. The molecular formula is C15H18ClN5O8. The van der Waals surface area contributed by atoms with Gasteiger partial charge in [-0.15, -0.1) is 0 Å². The first-order valence-corrected chi connectivity index (χ1v) is 8.43. The summed E-state index contributed by atoms with van der Waals surface area (Å²) in [6.45, 7) is -0.475.